The van der Waals surface area contributed by atoms with E-state index in [9.17, 15) is 9.18 Å². The normalized spacial score (nSPS) is 16.5. The fourth-order valence-corrected chi connectivity index (χ4v) is 3.38. The van der Waals surface area contributed by atoms with Crippen LogP contribution in [0.2, 0.25) is 0 Å². The van der Waals surface area contributed by atoms with Crippen LogP contribution in [0.4, 0.5) is 4.39 Å². The molecule has 26 heavy (non-hydrogen) atoms. The molecule has 0 amide bonds. The van der Waals surface area contributed by atoms with E-state index in [1.165, 1.54) is 18.2 Å². The van der Waals surface area contributed by atoms with Crippen LogP contribution in [0.5, 0.6) is 0 Å². The largest absolute Gasteiger partial charge is 0.368 e. The van der Waals surface area contributed by atoms with E-state index in [2.05, 4.69) is 11.2 Å². The molecule has 3 rings (SSSR count). The molecule has 0 aliphatic heterocycles. The molecular weight excluding hydrogens is 325 g/mol. The zero-order valence-corrected chi connectivity index (χ0v) is 14.7. The number of hydrogen-bond acceptors (Lipinski definition) is 2. The molecule has 2 nitrogen and oxygen atoms in total. The highest BCUT2D eigenvalue weighted by molar-refractivity contribution is 6.08. The van der Waals surface area contributed by atoms with Crippen molar-refractivity contribution >= 4 is 11.5 Å². The van der Waals surface area contributed by atoms with Gasteiger partial charge >= 0.3 is 0 Å². The van der Waals surface area contributed by atoms with E-state index in [0.717, 1.165) is 32.1 Å². The van der Waals surface area contributed by atoms with Crippen LogP contribution in [0.15, 0.2) is 60.7 Å². The summed E-state index contributed by atoms with van der Waals surface area (Å²) >= 11 is 0. The number of nitrogens with one attached hydrogen (secondary N) is 1. The minimum Gasteiger partial charge on any atom is -0.368 e. The van der Waals surface area contributed by atoms with Gasteiger partial charge in [-0.15, -0.1) is 6.42 Å². The van der Waals surface area contributed by atoms with Gasteiger partial charge in [0, 0.05) is 22.9 Å². The van der Waals surface area contributed by atoms with Crippen LogP contribution in [0.1, 0.15) is 48.0 Å². The Morgan fingerprint density at radius 2 is 1.73 bits per heavy atom. The number of hydrogen-bond donors (Lipinski definition) is 1. The summed E-state index contributed by atoms with van der Waals surface area (Å²) in [6.45, 7) is 0. The first kappa shape index (κ1) is 17.9. The van der Waals surface area contributed by atoms with Crippen molar-refractivity contribution in [3.8, 4) is 12.3 Å². The molecule has 2 aromatic rings. The van der Waals surface area contributed by atoms with E-state index >= 15 is 0 Å². The fourth-order valence-electron chi connectivity index (χ4n) is 3.38. The van der Waals surface area contributed by atoms with E-state index in [1.54, 1.807) is 24.3 Å². The van der Waals surface area contributed by atoms with E-state index < -0.39 is 5.54 Å². The molecule has 132 valence electrons. The zero-order chi connectivity index (χ0) is 18.4. The highest BCUT2D eigenvalue weighted by atomic mass is 19.1. The second-order valence-corrected chi connectivity index (χ2v) is 6.71. The van der Waals surface area contributed by atoms with Crippen LogP contribution < -0.4 is 5.32 Å². The maximum Gasteiger partial charge on any atom is 0.187 e. The molecule has 0 bridgehead atoms. The topological polar surface area (TPSA) is 29.1 Å². The molecule has 1 aliphatic rings. The fraction of sp³-hybridized carbons (Fsp3) is 0.261. The Balaban J connectivity index is 1.98. The molecular formula is C23H22FNO. The molecule has 0 spiro atoms. The van der Waals surface area contributed by atoms with Crippen molar-refractivity contribution in [3.63, 3.8) is 0 Å². The number of rotatable bonds is 5. The van der Waals surface area contributed by atoms with Crippen molar-refractivity contribution < 1.29 is 9.18 Å². The number of allylic oxidation sites excluding steroid dienone is 1. The van der Waals surface area contributed by atoms with Crippen molar-refractivity contribution in [2.45, 2.75) is 37.6 Å². The van der Waals surface area contributed by atoms with Crippen LogP contribution >= 0.6 is 0 Å². The van der Waals surface area contributed by atoms with E-state index in [1.807, 2.05) is 18.2 Å². The van der Waals surface area contributed by atoms with Crippen LogP contribution in [-0.4, -0.2) is 11.3 Å². The van der Waals surface area contributed by atoms with Gasteiger partial charge in [0.25, 0.3) is 0 Å². The summed E-state index contributed by atoms with van der Waals surface area (Å²) in [6.07, 6.45) is 12.3. The monoisotopic (exact) mass is 347 g/mol. The Kier molecular flexibility index (Phi) is 5.53. The third-order valence-corrected chi connectivity index (χ3v) is 4.83. The van der Waals surface area contributed by atoms with Crippen molar-refractivity contribution in [2.75, 3.05) is 0 Å². The van der Waals surface area contributed by atoms with Gasteiger partial charge in [-0.3, -0.25) is 4.79 Å². The molecule has 0 radical (unpaired) electrons. The van der Waals surface area contributed by atoms with Crippen molar-refractivity contribution in [2.24, 2.45) is 0 Å². The van der Waals surface area contributed by atoms with E-state index in [4.69, 9.17) is 6.42 Å². The number of terminal acetylenes is 1. The van der Waals surface area contributed by atoms with E-state index in [0.29, 0.717) is 16.8 Å². The van der Waals surface area contributed by atoms with Crippen molar-refractivity contribution in [3.05, 3.63) is 77.6 Å². The summed E-state index contributed by atoms with van der Waals surface area (Å²) in [5.74, 6) is 2.40. The Bertz CT molecular complexity index is 842. The number of halogens is 1. The summed E-state index contributed by atoms with van der Waals surface area (Å²) in [6, 6.07) is 15.3. The number of carbonyl (C=O) groups is 1. The van der Waals surface area contributed by atoms with Gasteiger partial charge in [-0.1, -0.05) is 67.6 Å². The second-order valence-electron chi connectivity index (χ2n) is 6.71. The van der Waals surface area contributed by atoms with Gasteiger partial charge < -0.3 is 5.32 Å². The quantitative estimate of drug-likeness (QED) is 0.470. The Labute approximate surface area is 154 Å². The Morgan fingerprint density at radius 3 is 2.38 bits per heavy atom. The Hall–Kier alpha value is -2.86. The van der Waals surface area contributed by atoms with Crippen LogP contribution in [0, 0.1) is 18.2 Å². The molecule has 3 heteroatoms. The Morgan fingerprint density at radius 1 is 1.04 bits per heavy atom. The molecule has 1 aliphatic carbocycles. The lowest BCUT2D eigenvalue weighted by atomic mass is 9.82. The molecule has 1 fully saturated rings. The molecule has 0 aromatic heterocycles. The summed E-state index contributed by atoms with van der Waals surface area (Å²) in [4.78, 5) is 12.7. The maximum absolute atomic E-state index is 13.8. The minimum absolute atomic E-state index is 0.139. The van der Waals surface area contributed by atoms with Gasteiger partial charge in [0.05, 0.1) is 5.54 Å². The number of benzene rings is 2. The third kappa shape index (κ3) is 4.21. The van der Waals surface area contributed by atoms with Gasteiger partial charge in [-0.2, -0.15) is 0 Å². The summed E-state index contributed by atoms with van der Waals surface area (Å²) < 4.78 is 13.8. The molecule has 1 saturated carbocycles. The third-order valence-electron chi connectivity index (χ3n) is 4.83. The number of ketones is 1. The predicted molar refractivity (Wildman–Crippen MR) is 103 cm³/mol. The van der Waals surface area contributed by atoms with Crippen molar-refractivity contribution in [1.82, 2.24) is 5.32 Å². The summed E-state index contributed by atoms with van der Waals surface area (Å²) in [5.41, 5.74) is 1.28. The highest BCUT2D eigenvalue weighted by Gasteiger charge is 2.30. The molecule has 0 heterocycles. The summed E-state index contributed by atoms with van der Waals surface area (Å²) in [7, 11) is 0. The van der Waals surface area contributed by atoms with Gasteiger partial charge in [0.1, 0.15) is 5.82 Å². The standard InChI is InChI=1S/C23H22FNO/c1-2-23(14-7-4-8-15-23)25-21(19-12-9-13-20(24)16-19)17-22(26)18-10-5-3-6-11-18/h1,3,5-6,9-13,16-17,25H,4,7-8,14-15H2/b21-17-. The lowest BCUT2D eigenvalue weighted by Crippen LogP contribution is -2.44. The first-order valence-corrected chi connectivity index (χ1v) is 8.95. The SMILES string of the molecule is C#CC1(N/C(=C\C(=O)c2ccccc2)c2cccc(F)c2)CCCCC1. The maximum atomic E-state index is 13.8. The van der Waals surface area contributed by atoms with Gasteiger partial charge in [0.15, 0.2) is 5.78 Å². The van der Waals surface area contributed by atoms with Crippen LogP contribution in [-0.2, 0) is 0 Å². The summed E-state index contributed by atoms with van der Waals surface area (Å²) in [5, 5.41) is 3.40. The van der Waals surface area contributed by atoms with Gasteiger partial charge in [0.2, 0.25) is 0 Å². The first-order valence-electron chi connectivity index (χ1n) is 8.95. The van der Waals surface area contributed by atoms with Gasteiger partial charge in [-0.25, -0.2) is 4.39 Å². The van der Waals surface area contributed by atoms with Gasteiger partial charge in [-0.05, 0) is 25.0 Å². The van der Waals surface area contributed by atoms with E-state index in [-0.39, 0.29) is 11.6 Å². The lowest BCUT2D eigenvalue weighted by Gasteiger charge is -2.35. The molecule has 1 N–H and O–H groups in total. The highest BCUT2D eigenvalue weighted by Crippen LogP contribution is 2.30. The zero-order valence-electron chi connectivity index (χ0n) is 14.7. The lowest BCUT2D eigenvalue weighted by molar-refractivity contribution is 0.104. The first-order chi connectivity index (χ1) is 12.6. The minimum atomic E-state index is -0.493. The predicted octanol–water partition coefficient (Wildman–Crippen LogP) is 4.98. The van der Waals surface area contributed by atoms with Crippen molar-refractivity contribution in [1.29, 1.82) is 0 Å². The van der Waals surface area contributed by atoms with Crippen LogP contribution in [0.25, 0.3) is 5.70 Å². The molecule has 0 atom stereocenters. The molecule has 0 unspecified atom stereocenters. The van der Waals surface area contributed by atoms with Crippen LogP contribution in [0.3, 0.4) is 0 Å². The second kappa shape index (κ2) is 8.01. The average molecular weight is 347 g/mol. The average Bonchev–Trinajstić information content (AvgIpc) is 2.69. The smallest absolute Gasteiger partial charge is 0.187 e. The molecule has 0 saturated heterocycles. The number of carbonyl (C=O) groups excluding carboxylic acids is 1. The molecule has 2 aromatic carbocycles.